The van der Waals surface area contributed by atoms with Gasteiger partial charge in [-0.25, -0.2) is 0 Å². The van der Waals surface area contributed by atoms with Gasteiger partial charge in [0.15, 0.2) is 0 Å². The zero-order valence-electron chi connectivity index (χ0n) is 33.0. The summed E-state index contributed by atoms with van der Waals surface area (Å²) in [6.07, 6.45) is 4.43. The molecule has 1 rings (SSSR count). The van der Waals surface area contributed by atoms with Crippen LogP contribution in [-0.2, 0) is 43.0 Å². The number of carbonyl (C=O) groups excluding carboxylic acids is 3. The number of carbonyl (C=O) groups is 6. The van der Waals surface area contributed by atoms with E-state index < -0.39 is 35.8 Å². The van der Waals surface area contributed by atoms with Crippen LogP contribution in [0.1, 0.15) is 58.8 Å². The molecule has 19 nitrogen and oxygen atoms in total. The lowest BCUT2D eigenvalue weighted by Crippen LogP contribution is -2.52. The van der Waals surface area contributed by atoms with Crippen LogP contribution in [0.2, 0.25) is 0 Å². The summed E-state index contributed by atoms with van der Waals surface area (Å²) in [7, 11) is 0. The Morgan fingerprint density at radius 1 is 0.527 bits per heavy atom. The number of rotatable bonds is 29. The molecule has 1 atom stereocenters. The van der Waals surface area contributed by atoms with Gasteiger partial charge in [-0.15, -0.1) is 0 Å². The zero-order valence-corrected chi connectivity index (χ0v) is 33.0. The van der Waals surface area contributed by atoms with Gasteiger partial charge in [-0.3, -0.25) is 48.4 Å². The Morgan fingerprint density at radius 2 is 0.927 bits per heavy atom. The van der Waals surface area contributed by atoms with Crippen molar-refractivity contribution in [1.82, 2.24) is 35.6 Å². The standard InChI is InChI=1S/C36H67N7O12/c1-3-5-10-37-31(44)9-8-30(36(52)38-11-7-21-54-23-25-55-24-22-53-20-6-4-2)39-32(45)26-40-12-14-41(27-33(46)47)16-18-43(29-35(50)51)19-17-42(15-13-40)28-34(48)49/h30H,3-29H2,1-2H3,(H,37,44)(H,38,52)(H,39,45)(H,46,47)(H,48,49)(H,50,51)/t30-/m0/s1. The highest BCUT2D eigenvalue weighted by molar-refractivity contribution is 5.89. The number of carboxylic acid groups (broad SMARTS) is 3. The van der Waals surface area contributed by atoms with Crippen molar-refractivity contribution in [2.75, 3.05) is 131 Å². The summed E-state index contributed by atoms with van der Waals surface area (Å²) < 4.78 is 16.5. The largest absolute Gasteiger partial charge is 0.480 e. The van der Waals surface area contributed by atoms with Crippen LogP contribution < -0.4 is 16.0 Å². The Bertz CT molecular complexity index is 1090. The minimum Gasteiger partial charge on any atom is -0.480 e. The first-order chi connectivity index (χ1) is 26.4. The average molecular weight is 790 g/mol. The predicted octanol–water partition coefficient (Wildman–Crippen LogP) is -1.00. The SMILES string of the molecule is CCCCNC(=O)CC[C@H](NC(=O)CN1CCN(CC(=O)O)CCN(CC(=O)O)CCN(CC(=O)O)CC1)C(=O)NCCCOCCOCCOCCCC. The molecule has 0 bridgehead atoms. The van der Waals surface area contributed by atoms with Crippen molar-refractivity contribution in [3.05, 3.63) is 0 Å². The van der Waals surface area contributed by atoms with Crippen molar-refractivity contribution in [1.29, 1.82) is 0 Å². The minimum absolute atomic E-state index is 0.0196. The number of aliphatic carboxylic acids is 3. The minimum atomic E-state index is -1.05. The Balaban J connectivity index is 2.85. The van der Waals surface area contributed by atoms with Crippen LogP contribution in [0, 0.1) is 0 Å². The Kier molecular flexibility index (Phi) is 28.6. The number of carboxylic acids is 3. The van der Waals surface area contributed by atoms with Gasteiger partial charge in [0, 0.05) is 85.1 Å². The zero-order chi connectivity index (χ0) is 40.7. The van der Waals surface area contributed by atoms with E-state index in [9.17, 15) is 44.1 Å². The van der Waals surface area contributed by atoms with E-state index in [1.54, 1.807) is 19.6 Å². The van der Waals surface area contributed by atoms with Gasteiger partial charge in [-0.2, -0.15) is 0 Å². The van der Waals surface area contributed by atoms with Gasteiger partial charge >= 0.3 is 17.9 Å². The maximum atomic E-state index is 13.5. The molecule has 1 saturated heterocycles. The highest BCUT2D eigenvalue weighted by Gasteiger charge is 2.25. The fraction of sp³-hybridized carbons (Fsp3) is 0.833. The number of hydrogen-bond acceptors (Lipinski definition) is 13. The molecule has 1 heterocycles. The third kappa shape index (κ3) is 27.7. The van der Waals surface area contributed by atoms with Crippen LogP contribution in [0.5, 0.6) is 0 Å². The average Bonchev–Trinajstić information content (AvgIpc) is 3.12. The summed E-state index contributed by atoms with van der Waals surface area (Å²) >= 11 is 0. The van der Waals surface area contributed by atoms with Crippen molar-refractivity contribution in [3.8, 4) is 0 Å². The van der Waals surface area contributed by atoms with Gasteiger partial charge < -0.3 is 45.5 Å². The second-order valence-corrected chi connectivity index (χ2v) is 13.5. The van der Waals surface area contributed by atoms with Crippen molar-refractivity contribution in [2.45, 2.75) is 64.8 Å². The number of hydrogen-bond donors (Lipinski definition) is 6. The normalized spacial score (nSPS) is 16.0. The van der Waals surface area contributed by atoms with Crippen molar-refractivity contribution >= 4 is 35.6 Å². The Morgan fingerprint density at radius 3 is 1.36 bits per heavy atom. The molecule has 55 heavy (non-hydrogen) atoms. The summed E-state index contributed by atoms with van der Waals surface area (Å²) in [6.45, 7) is 8.81. The highest BCUT2D eigenvalue weighted by Crippen LogP contribution is 2.04. The van der Waals surface area contributed by atoms with Crippen LogP contribution in [0.4, 0.5) is 0 Å². The summed E-state index contributed by atoms with van der Waals surface area (Å²) in [6, 6.07) is -1.00. The molecule has 0 aliphatic carbocycles. The van der Waals surface area contributed by atoms with Gasteiger partial charge in [-0.05, 0) is 25.7 Å². The molecule has 1 fully saturated rings. The van der Waals surface area contributed by atoms with E-state index in [-0.39, 0.29) is 104 Å². The second-order valence-electron chi connectivity index (χ2n) is 13.5. The number of nitrogens with zero attached hydrogens (tertiary/aromatic N) is 4. The van der Waals surface area contributed by atoms with Gasteiger partial charge in [0.05, 0.1) is 52.6 Å². The Hall–Kier alpha value is -3.46. The molecular formula is C36H67N7O12. The van der Waals surface area contributed by atoms with Crippen molar-refractivity contribution in [3.63, 3.8) is 0 Å². The first-order valence-electron chi connectivity index (χ1n) is 19.5. The fourth-order valence-electron chi connectivity index (χ4n) is 5.56. The predicted molar refractivity (Wildman–Crippen MR) is 203 cm³/mol. The third-order valence-electron chi connectivity index (χ3n) is 8.69. The van der Waals surface area contributed by atoms with Crippen LogP contribution in [0.25, 0.3) is 0 Å². The van der Waals surface area contributed by atoms with E-state index >= 15 is 0 Å². The number of nitrogens with one attached hydrogen (secondary N) is 3. The molecular weight excluding hydrogens is 722 g/mol. The van der Waals surface area contributed by atoms with Crippen LogP contribution in [0.15, 0.2) is 0 Å². The molecule has 0 radical (unpaired) electrons. The van der Waals surface area contributed by atoms with Crippen molar-refractivity contribution < 1.29 is 58.3 Å². The fourth-order valence-corrected chi connectivity index (χ4v) is 5.56. The topological polar surface area (TPSA) is 240 Å². The molecule has 1 aliphatic heterocycles. The molecule has 0 saturated carbocycles. The smallest absolute Gasteiger partial charge is 0.317 e. The molecule has 6 N–H and O–H groups in total. The molecule has 0 aromatic heterocycles. The maximum absolute atomic E-state index is 13.5. The highest BCUT2D eigenvalue weighted by atomic mass is 16.5. The monoisotopic (exact) mass is 789 g/mol. The summed E-state index contributed by atoms with van der Waals surface area (Å²) in [4.78, 5) is 80.6. The number of unbranched alkanes of at least 4 members (excludes halogenated alkanes) is 2. The molecule has 3 amide bonds. The van der Waals surface area contributed by atoms with Gasteiger partial charge in [0.2, 0.25) is 17.7 Å². The second kappa shape index (κ2) is 31.7. The maximum Gasteiger partial charge on any atom is 0.317 e. The van der Waals surface area contributed by atoms with E-state index in [1.165, 1.54) is 0 Å². The van der Waals surface area contributed by atoms with E-state index in [0.29, 0.717) is 46.0 Å². The van der Waals surface area contributed by atoms with Gasteiger partial charge in [0.25, 0.3) is 0 Å². The molecule has 0 aromatic rings. The quantitative estimate of drug-likeness (QED) is 0.0498. The molecule has 0 spiro atoms. The number of amides is 3. The van der Waals surface area contributed by atoms with Gasteiger partial charge in [0.1, 0.15) is 6.04 Å². The lowest BCUT2D eigenvalue weighted by atomic mass is 10.1. The summed E-state index contributed by atoms with van der Waals surface area (Å²) in [5, 5.41) is 36.8. The van der Waals surface area contributed by atoms with Crippen LogP contribution in [-0.4, -0.2) is 208 Å². The first-order valence-corrected chi connectivity index (χ1v) is 19.5. The number of ether oxygens (including phenoxy) is 3. The lowest BCUT2D eigenvalue weighted by molar-refractivity contribution is -0.140. The summed E-state index contributed by atoms with van der Waals surface area (Å²) in [5.74, 6) is -4.32. The van der Waals surface area contributed by atoms with Crippen LogP contribution in [0.3, 0.4) is 0 Å². The van der Waals surface area contributed by atoms with E-state index in [1.807, 2.05) is 6.92 Å². The molecule has 19 heteroatoms. The summed E-state index contributed by atoms with van der Waals surface area (Å²) in [5.41, 5.74) is 0. The molecule has 318 valence electrons. The van der Waals surface area contributed by atoms with Gasteiger partial charge in [-0.1, -0.05) is 26.7 Å². The lowest BCUT2D eigenvalue weighted by Gasteiger charge is -2.33. The van der Waals surface area contributed by atoms with E-state index in [0.717, 1.165) is 32.3 Å². The first kappa shape index (κ1) is 49.6. The Labute approximate surface area is 325 Å². The molecule has 0 unspecified atom stereocenters. The van der Waals surface area contributed by atoms with Crippen molar-refractivity contribution in [2.24, 2.45) is 0 Å². The third-order valence-corrected chi connectivity index (χ3v) is 8.69. The molecule has 1 aliphatic rings. The van der Waals surface area contributed by atoms with E-state index in [2.05, 4.69) is 22.9 Å². The van der Waals surface area contributed by atoms with E-state index in [4.69, 9.17) is 14.2 Å². The van der Waals surface area contributed by atoms with Crippen LogP contribution >= 0.6 is 0 Å². The molecule has 0 aromatic carbocycles.